The number of halogens is 2. The molecule has 0 aromatic heterocycles. The van der Waals surface area contributed by atoms with Gasteiger partial charge in [0.05, 0.1) is 5.02 Å². The number of rotatable bonds is 5. The number of benzene rings is 2. The maximum absolute atomic E-state index is 13.8. The van der Waals surface area contributed by atoms with Gasteiger partial charge in [-0.15, -0.1) is 0 Å². The Labute approximate surface area is 118 Å². The average Bonchev–Trinajstić information content (AvgIpc) is 2.45. The molecule has 3 heteroatoms. The van der Waals surface area contributed by atoms with Gasteiger partial charge in [0.2, 0.25) is 0 Å². The maximum atomic E-state index is 13.8. The van der Waals surface area contributed by atoms with Gasteiger partial charge in [-0.1, -0.05) is 54.1 Å². The van der Waals surface area contributed by atoms with Crippen molar-refractivity contribution in [3.8, 4) is 0 Å². The molecule has 0 radical (unpaired) electrons. The van der Waals surface area contributed by atoms with Crippen LogP contribution in [0.2, 0.25) is 5.02 Å². The molecule has 0 bridgehead atoms. The normalized spacial score (nSPS) is 12.4. The molecule has 0 spiro atoms. The van der Waals surface area contributed by atoms with Crippen LogP contribution in [0.3, 0.4) is 0 Å². The van der Waals surface area contributed by atoms with Crippen LogP contribution in [0.1, 0.15) is 23.5 Å². The van der Waals surface area contributed by atoms with Gasteiger partial charge in [-0.3, -0.25) is 0 Å². The molecule has 0 aliphatic rings. The molecule has 0 heterocycles. The second kappa shape index (κ2) is 6.69. The molecular weight excluding hydrogens is 261 g/mol. The first-order valence-corrected chi connectivity index (χ1v) is 6.78. The third kappa shape index (κ3) is 3.55. The zero-order valence-electron chi connectivity index (χ0n) is 10.7. The molecule has 19 heavy (non-hydrogen) atoms. The minimum atomic E-state index is -0.312. The van der Waals surface area contributed by atoms with Gasteiger partial charge >= 0.3 is 0 Å². The molecule has 0 aliphatic carbocycles. The molecule has 0 fully saturated rings. The van der Waals surface area contributed by atoms with Crippen LogP contribution in [0.25, 0.3) is 0 Å². The predicted molar refractivity (Wildman–Crippen MR) is 78.0 cm³/mol. The fraction of sp³-hybridized carbons (Fsp3) is 0.250. The standard InChI is InChI=1S/C16H17ClFN/c17-15-8-4-7-13(16(15)18)9-10-14(11-19)12-5-2-1-3-6-12/h1-8,14H,9-11,19H2. The van der Waals surface area contributed by atoms with E-state index in [9.17, 15) is 4.39 Å². The molecule has 100 valence electrons. The molecule has 2 rings (SSSR count). The Balaban J connectivity index is 2.06. The van der Waals surface area contributed by atoms with Crippen molar-refractivity contribution in [2.75, 3.05) is 6.54 Å². The van der Waals surface area contributed by atoms with Gasteiger partial charge < -0.3 is 5.73 Å². The van der Waals surface area contributed by atoms with Crippen LogP contribution in [0, 0.1) is 5.82 Å². The predicted octanol–water partition coefficient (Wildman–Crippen LogP) is 4.15. The lowest BCUT2D eigenvalue weighted by Crippen LogP contribution is -2.13. The van der Waals surface area contributed by atoms with E-state index < -0.39 is 0 Å². The maximum Gasteiger partial charge on any atom is 0.144 e. The van der Waals surface area contributed by atoms with Crippen LogP contribution in [-0.4, -0.2) is 6.54 Å². The quantitative estimate of drug-likeness (QED) is 0.873. The van der Waals surface area contributed by atoms with Gasteiger partial charge in [0, 0.05) is 0 Å². The zero-order chi connectivity index (χ0) is 13.7. The highest BCUT2D eigenvalue weighted by Gasteiger charge is 2.12. The van der Waals surface area contributed by atoms with Gasteiger partial charge in [-0.2, -0.15) is 0 Å². The molecule has 1 atom stereocenters. The third-order valence-electron chi connectivity index (χ3n) is 3.35. The Morgan fingerprint density at radius 2 is 1.79 bits per heavy atom. The van der Waals surface area contributed by atoms with Crippen molar-refractivity contribution in [3.63, 3.8) is 0 Å². The van der Waals surface area contributed by atoms with E-state index in [0.29, 0.717) is 18.5 Å². The van der Waals surface area contributed by atoms with Crippen LogP contribution < -0.4 is 5.73 Å². The summed E-state index contributed by atoms with van der Waals surface area (Å²) in [5.41, 5.74) is 7.67. The van der Waals surface area contributed by atoms with Gasteiger partial charge in [-0.25, -0.2) is 4.39 Å². The van der Waals surface area contributed by atoms with E-state index in [1.807, 2.05) is 18.2 Å². The lowest BCUT2D eigenvalue weighted by Gasteiger charge is -2.15. The zero-order valence-corrected chi connectivity index (χ0v) is 11.4. The Bertz CT molecular complexity index is 528. The van der Waals surface area contributed by atoms with Crippen molar-refractivity contribution < 1.29 is 4.39 Å². The molecule has 0 amide bonds. The monoisotopic (exact) mass is 277 g/mol. The largest absolute Gasteiger partial charge is 0.330 e. The van der Waals surface area contributed by atoms with Crippen molar-refractivity contribution >= 4 is 11.6 Å². The molecule has 1 nitrogen and oxygen atoms in total. The van der Waals surface area contributed by atoms with E-state index in [1.54, 1.807) is 18.2 Å². The SMILES string of the molecule is NCC(CCc1cccc(Cl)c1F)c1ccccc1. The lowest BCUT2D eigenvalue weighted by atomic mass is 9.92. The summed E-state index contributed by atoms with van der Waals surface area (Å²) in [6, 6.07) is 15.2. The minimum Gasteiger partial charge on any atom is -0.330 e. The summed E-state index contributed by atoms with van der Waals surface area (Å²) in [6.07, 6.45) is 1.46. The molecule has 0 aliphatic heterocycles. The average molecular weight is 278 g/mol. The summed E-state index contributed by atoms with van der Waals surface area (Å²) < 4.78 is 13.8. The summed E-state index contributed by atoms with van der Waals surface area (Å²) in [5, 5.41) is 0.182. The van der Waals surface area contributed by atoms with E-state index in [2.05, 4.69) is 12.1 Å². The van der Waals surface area contributed by atoms with Crippen LogP contribution >= 0.6 is 11.6 Å². The van der Waals surface area contributed by atoms with Crippen LogP contribution in [0.5, 0.6) is 0 Å². The second-order valence-electron chi connectivity index (χ2n) is 4.59. The molecule has 1 unspecified atom stereocenters. The molecule has 0 saturated carbocycles. The van der Waals surface area contributed by atoms with Crippen molar-refractivity contribution in [1.82, 2.24) is 0 Å². The molecule has 2 N–H and O–H groups in total. The Kier molecular flexibility index (Phi) is 4.94. The summed E-state index contributed by atoms with van der Waals surface area (Å²) >= 11 is 5.78. The van der Waals surface area contributed by atoms with Crippen LogP contribution in [0.15, 0.2) is 48.5 Å². The Hall–Kier alpha value is -1.38. The van der Waals surface area contributed by atoms with Crippen molar-refractivity contribution in [2.24, 2.45) is 5.73 Å². The Morgan fingerprint density at radius 1 is 1.05 bits per heavy atom. The Morgan fingerprint density at radius 3 is 2.47 bits per heavy atom. The topological polar surface area (TPSA) is 26.0 Å². The fourth-order valence-electron chi connectivity index (χ4n) is 2.22. The van der Waals surface area contributed by atoms with E-state index in [1.165, 1.54) is 5.56 Å². The molecule has 2 aromatic carbocycles. The van der Waals surface area contributed by atoms with Crippen LogP contribution in [-0.2, 0) is 6.42 Å². The van der Waals surface area contributed by atoms with E-state index in [-0.39, 0.29) is 16.8 Å². The highest BCUT2D eigenvalue weighted by Crippen LogP contribution is 2.24. The van der Waals surface area contributed by atoms with E-state index in [0.717, 1.165) is 6.42 Å². The van der Waals surface area contributed by atoms with Crippen molar-refractivity contribution in [2.45, 2.75) is 18.8 Å². The summed E-state index contributed by atoms with van der Waals surface area (Å²) in [5.74, 6) is -0.0624. The number of nitrogens with two attached hydrogens (primary N) is 1. The van der Waals surface area contributed by atoms with Crippen LogP contribution in [0.4, 0.5) is 4.39 Å². The number of hydrogen-bond donors (Lipinski definition) is 1. The first-order chi connectivity index (χ1) is 9.22. The van der Waals surface area contributed by atoms with Gasteiger partial charge in [0.1, 0.15) is 5.82 Å². The smallest absolute Gasteiger partial charge is 0.144 e. The van der Waals surface area contributed by atoms with E-state index in [4.69, 9.17) is 17.3 Å². The molecular formula is C16H17ClFN. The fourth-order valence-corrected chi connectivity index (χ4v) is 2.41. The van der Waals surface area contributed by atoms with E-state index >= 15 is 0 Å². The highest BCUT2D eigenvalue weighted by atomic mass is 35.5. The highest BCUT2D eigenvalue weighted by molar-refractivity contribution is 6.30. The number of hydrogen-bond acceptors (Lipinski definition) is 1. The minimum absolute atomic E-state index is 0.182. The summed E-state index contributed by atoms with van der Waals surface area (Å²) in [6.45, 7) is 0.562. The van der Waals surface area contributed by atoms with Gasteiger partial charge in [0.25, 0.3) is 0 Å². The first-order valence-electron chi connectivity index (χ1n) is 6.40. The third-order valence-corrected chi connectivity index (χ3v) is 3.64. The van der Waals surface area contributed by atoms with Crippen molar-refractivity contribution in [1.29, 1.82) is 0 Å². The lowest BCUT2D eigenvalue weighted by molar-refractivity contribution is 0.582. The first kappa shape index (κ1) is 14.0. The number of aryl methyl sites for hydroxylation is 1. The second-order valence-corrected chi connectivity index (χ2v) is 5.00. The molecule has 2 aromatic rings. The summed E-state index contributed by atoms with van der Waals surface area (Å²) in [4.78, 5) is 0. The van der Waals surface area contributed by atoms with Gasteiger partial charge in [0.15, 0.2) is 0 Å². The van der Waals surface area contributed by atoms with Gasteiger partial charge in [-0.05, 0) is 42.5 Å². The molecule has 0 saturated heterocycles. The summed E-state index contributed by atoms with van der Waals surface area (Å²) in [7, 11) is 0. The van der Waals surface area contributed by atoms with Crippen molar-refractivity contribution in [3.05, 3.63) is 70.5 Å².